The third kappa shape index (κ3) is 1.64. The summed E-state index contributed by atoms with van der Waals surface area (Å²) in [6, 6.07) is 0. The van der Waals surface area contributed by atoms with Crippen LogP contribution in [0.4, 0.5) is 0 Å². The summed E-state index contributed by atoms with van der Waals surface area (Å²) in [6.07, 6.45) is 0.361. The normalized spacial score (nSPS) is 36.7. The van der Waals surface area contributed by atoms with Crippen LogP contribution in [-0.2, 0) is 9.47 Å². The Kier molecular flexibility index (Phi) is 2.45. The Morgan fingerprint density at radius 2 is 2.44 bits per heavy atom. The van der Waals surface area contributed by atoms with E-state index in [9.17, 15) is 0 Å². The van der Waals surface area contributed by atoms with E-state index in [2.05, 4.69) is 0 Å². The number of ether oxygens (including phenoxy) is 2. The summed E-state index contributed by atoms with van der Waals surface area (Å²) in [4.78, 5) is 0. The quantitative estimate of drug-likeness (QED) is 0.536. The molecule has 0 spiro atoms. The van der Waals surface area contributed by atoms with Crippen LogP contribution in [-0.4, -0.2) is 37.6 Å². The van der Waals surface area contributed by atoms with Gasteiger partial charge < -0.3 is 14.6 Å². The molecule has 1 heterocycles. The summed E-state index contributed by atoms with van der Waals surface area (Å²) in [5.74, 6) is 0. The van der Waals surface area contributed by atoms with Gasteiger partial charge in [0.25, 0.3) is 0 Å². The highest BCUT2D eigenvalue weighted by Gasteiger charge is 2.22. The standard InChI is InChI=1S/C6H12O3/c1-8-6-2-3-9-4-5(6)7/h5-7H,2-4H2,1H3/t5-,6-/m0/s1. The molecule has 0 amide bonds. The van der Waals surface area contributed by atoms with Crippen molar-refractivity contribution >= 4 is 0 Å². The highest BCUT2D eigenvalue weighted by Crippen LogP contribution is 2.09. The highest BCUT2D eigenvalue weighted by molar-refractivity contribution is 4.71. The van der Waals surface area contributed by atoms with Gasteiger partial charge in [0.05, 0.1) is 12.7 Å². The van der Waals surface area contributed by atoms with Crippen LogP contribution in [0.1, 0.15) is 6.42 Å². The van der Waals surface area contributed by atoms with Crippen molar-refractivity contribution in [3.8, 4) is 0 Å². The second-order valence-electron chi connectivity index (χ2n) is 2.21. The fourth-order valence-corrected chi connectivity index (χ4v) is 0.978. The molecule has 1 rings (SSSR count). The Labute approximate surface area is 54.6 Å². The van der Waals surface area contributed by atoms with Gasteiger partial charge >= 0.3 is 0 Å². The maximum Gasteiger partial charge on any atom is 0.103 e. The minimum Gasteiger partial charge on any atom is -0.388 e. The van der Waals surface area contributed by atoms with Crippen molar-refractivity contribution in [1.82, 2.24) is 0 Å². The van der Waals surface area contributed by atoms with Gasteiger partial charge in [-0.25, -0.2) is 0 Å². The number of hydrogen-bond acceptors (Lipinski definition) is 3. The molecule has 0 aliphatic carbocycles. The lowest BCUT2D eigenvalue weighted by Gasteiger charge is -2.25. The predicted octanol–water partition coefficient (Wildman–Crippen LogP) is -0.217. The average Bonchev–Trinajstić information content (AvgIpc) is 1.89. The van der Waals surface area contributed by atoms with Gasteiger partial charge in [-0.2, -0.15) is 0 Å². The number of rotatable bonds is 1. The Morgan fingerprint density at radius 3 is 2.89 bits per heavy atom. The van der Waals surface area contributed by atoms with Crippen LogP contribution in [0.5, 0.6) is 0 Å². The molecule has 1 N–H and O–H groups in total. The second kappa shape index (κ2) is 3.15. The fraction of sp³-hybridized carbons (Fsp3) is 1.00. The van der Waals surface area contributed by atoms with Crippen LogP contribution >= 0.6 is 0 Å². The van der Waals surface area contributed by atoms with Crippen molar-refractivity contribution < 1.29 is 14.6 Å². The number of aliphatic hydroxyl groups excluding tert-OH is 1. The van der Waals surface area contributed by atoms with Crippen LogP contribution in [0.3, 0.4) is 0 Å². The molecule has 1 saturated heterocycles. The molecule has 0 aromatic rings. The summed E-state index contributed by atoms with van der Waals surface area (Å²) in [5.41, 5.74) is 0. The van der Waals surface area contributed by atoms with Crippen molar-refractivity contribution in [3.63, 3.8) is 0 Å². The first kappa shape index (κ1) is 6.99. The molecular weight excluding hydrogens is 120 g/mol. The molecule has 9 heavy (non-hydrogen) atoms. The molecule has 1 fully saturated rings. The maximum absolute atomic E-state index is 9.12. The number of methoxy groups -OCH3 is 1. The molecule has 0 aromatic carbocycles. The third-order valence-corrected chi connectivity index (χ3v) is 1.57. The van der Waals surface area contributed by atoms with E-state index in [1.165, 1.54) is 0 Å². The van der Waals surface area contributed by atoms with Gasteiger partial charge in [-0.15, -0.1) is 0 Å². The van der Waals surface area contributed by atoms with Crippen LogP contribution < -0.4 is 0 Å². The average molecular weight is 132 g/mol. The molecule has 0 unspecified atom stereocenters. The zero-order valence-electron chi connectivity index (χ0n) is 5.54. The molecule has 3 heteroatoms. The molecule has 0 saturated carbocycles. The molecular formula is C6H12O3. The topological polar surface area (TPSA) is 38.7 Å². The number of hydrogen-bond donors (Lipinski definition) is 1. The van der Waals surface area contributed by atoms with E-state index < -0.39 is 6.10 Å². The lowest BCUT2D eigenvalue weighted by molar-refractivity contribution is -0.100. The smallest absolute Gasteiger partial charge is 0.103 e. The van der Waals surface area contributed by atoms with E-state index >= 15 is 0 Å². The Balaban J connectivity index is 2.30. The van der Waals surface area contributed by atoms with E-state index in [0.29, 0.717) is 13.2 Å². The molecule has 3 nitrogen and oxygen atoms in total. The van der Waals surface area contributed by atoms with Gasteiger partial charge in [0.2, 0.25) is 0 Å². The largest absolute Gasteiger partial charge is 0.388 e. The van der Waals surface area contributed by atoms with Crippen LogP contribution in [0.2, 0.25) is 0 Å². The maximum atomic E-state index is 9.12. The number of aliphatic hydroxyl groups is 1. The van der Waals surface area contributed by atoms with Crippen LogP contribution in [0.25, 0.3) is 0 Å². The highest BCUT2D eigenvalue weighted by atomic mass is 16.5. The molecule has 0 bridgehead atoms. The van der Waals surface area contributed by atoms with Crippen molar-refractivity contribution in [3.05, 3.63) is 0 Å². The van der Waals surface area contributed by atoms with E-state index in [4.69, 9.17) is 14.6 Å². The lowest BCUT2D eigenvalue weighted by atomic mass is 10.1. The fourth-order valence-electron chi connectivity index (χ4n) is 0.978. The lowest BCUT2D eigenvalue weighted by Crippen LogP contribution is -2.37. The summed E-state index contributed by atoms with van der Waals surface area (Å²) in [5, 5.41) is 9.12. The summed E-state index contributed by atoms with van der Waals surface area (Å²) >= 11 is 0. The molecule has 1 aliphatic heterocycles. The first-order valence-corrected chi connectivity index (χ1v) is 3.13. The van der Waals surface area contributed by atoms with Crippen molar-refractivity contribution in [2.75, 3.05) is 20.3 Å². The molecule has 0 aromatic heterocycles. The molecule has 2 atom stereocenters. The van der Waals surface area contributed by atoms with Gasteiger partial charge in [-0.3, -0.25) is 0 Å². The minimum atomic E-state index is -0.427. The van der Waals surface area contributed by atoms with Gasteiger partial charge in [0.15, 0.2) is 0 Å². The SMILES string of the molecule is CO[C@H]1CCOC[C@@H]1O. The van der Waals surface area contributed by atoms with Crippen LogP contribution in [0.15, 0.2) is 0 Å². The van der Waals surface area contributed by atoms with E-state index in [-0.39, 0.29) is 6.10 Å². The van der Waals surface area contributed by atoms with Gasteiger partial charge in [-0.1, -0.05) is 0 Å². The van der Waals surface area contributed by atoms with E-state index in [1.54, 1.807) is 7.11 Å². The molecule has 0 radical (unpaired) electrons. The Morgan fingerprint density at radius 1 is 1.67 bits per heavy atom. The van der Waals surface area contributed by atoms with Crippen molar-refractivity contribution in [1.29, 1.82) is 0 Å². The van der Waals surface area contributed by atoms with Gasteiger partial charge in [0.1, 0.15) is 6.10 Å². The van der Waals surface area contributed by atoms with Crippen LogP contribution in [0, 0.1) is 0 Å². The second-order valence-corrected chi connectivity index (χ2v) is 2.21. The van der Waals surface area contributed by atoms with Gasteiger partial charge in [-0.05, 0) is 6.42 Å². The first-order valence-electron chi connectivity index (χ1n) is 3.13. The van der Waals surface area contributed by atoms with E-state index in [1.807, 2.05) is 0 Å². The Hall–Kier alpha value is -0.120. The van der Waals surface area contributed by atoms with Gasteiger partial charge in [0, 0.05) is 13.7 Å². The molecule has 1 aliphatic rings. The van der Waals surface area contributed by atoms with Crippen molar-refractivity contribution in [2.45, 2.75) is 18.6 Å². The molecule has 54 valence electrons. The zero-order chi connectivity index (χ0) is 6.69. The minimum absolute atomic E-state index is 0.0150. The predicted molar refractivity (Wildman–Crippen MR) is 32.2 cm³/mol. The summed E-state index contributed by atoms with van der Waals surface area (Å²) in [6.45, 7) is 1.12. The zero-order valence-corrected chi connectivity index (χ0v) is 5.54. The first-order chi connectivity index (χ1) is 4.34. The van der Waals surface area contributed by atoms with Crippen molar-refractivity contribution in [2.24, 2.45) is 0 Å². The summed E-state index contributed by atoms with van der Waals surface area (Å²) in [7, 11) is 1.61. The monoisotopic (exact) mass is 132 g/mol. The third-order valence-electron chi connectivity index (χ3n) is 1.57. The Bertz CT molecular complexity index is 84.4. The summed E-state index contributed by atoms with van der Waals surface area (Å²) < 4.78 is 9.96. The van der Waals surface area contributed by atoms with E-state index in [0.717, 1.165) is 6.42 Å².